The number of aliphatic hydroxyl groups is 3. The zero-order chi connectivity index (χ0) is 13.3. The molecular formula is C9H14N4O5. The Labute approximate surface area is 102 Å². The van der Waals surface area contributed by atoms with Crippen molar-refractivity contribution in [2.24, 2.45) is 0 Å². The lowest BCUT2D eigenvalue weighted by molar-refractivity contribution is -0.0616. The molecule has 0 amide bonds. The predicted molar refractivity (Wildman–Crippen MR) is 58.8 cm³/mol. The summed E-state index contributed by atoms with van der Waals surface area (Å²) in [6.45, 7) is -0.467. The summed E-state index contributed by atoms with van der Waals surface area (Å²) in [5.41, 5.74) is -0.725. The highest BCUT2D eigenvalue weighted by Crippen LogP contribution is 2.27. The second-order valence-electron chi connectivity index (χ2n) is 3.85. The van der Waals surface area contributed by atoms with Crippen LogP contribution in [0.3, 0.4) is 0 Å². The van der Waals surface area contributed by atoms with Crippen LogP contribution in [0.4, 0.5) is 5.82 Å². The smallest absolute Gasteiger partial charge is 0.368 e. The highest BCUT2D eigenvalue weighted by molar-refractivity contribution is 5.27. The van der Waals surface area contributed by atoms with Crippen molar-refractivity contribution in [1.29, 1.82) is 0 Å². The van der Waals surface area contributed by atoms with Gasteiger partial charge >= 0.3 is 5.69 Å². The number of nitrogens with one attached hydrogen (secondary N) is 1. The van der Waals surface area contributed by atoms with Crippen molar-refractivity contribution in [1.82, 2.24) is 14.8 Å². The molecule has 1 fully saturated rings. The van der Waals surface area contributed by atoms with Gasteiger partial charge in [0.1, 0.15) is 18.3 Å². The molecule has 0 unspecified atom stereocenters. The van der Waals surface area contributed by atoms with Gasteiger partial charge in [0, 0.05) is 7.05 Å². The second kappa shape index (κ2) is 4.98. The number of hydrogen-bond donors (Lipinski definition) is 4. The minimum absolute atomic E-state index is 0.281. The molecule has 9 heteroatoms. The van der Waals surface area contributed by atoms with Gasteiger partial charge in [-0.3, -0.25) is 0 Å². The molecule has 1 aromatic rings. The van der Waals surface area contributed by atoms with E-state index in [1.165, 1.54) is 6.20 Å². The van der Waals surface area contributed by atoms with Crippen LogP contribution in [0.5, 0.6) is 0 Å². The molecule has 2 heterocycles. The van der Waals surface area contributed by atoms with Crippen molar-refractivity contribution >= 4 is 5.82 Å². The minimum Gasteiger partial charge on any atom is -0.394 e. The molecule has 0 bridgehead atoms. The monoisotopic (exact) mass is 258 g/mol. The summed E-state index contributed by atoms with van der Waals surface area (Å²) in [5, 5.41) is 34.7. The summed E-state index contributed by atoms with van der Waals surface area (Å²) >= 11 is 0. The first kappa shape index (κ1) is 12.9. The van der Waals surface area contributed by atoms with Crippen molar-refractivity contribution < 1.29 is 20.1 Å². The van der Waals surface area contributed by atoms with Gasteiger partial charge in [-0.1, -0.05) is 0 Å². The van der Waals surface area contributed by atoms with Gasteiger partial charge in [-0.2, -0.15) is 14.8 Å². The Morgan fingerprint density at radius 1 is 1.50 bits per heavy atom. The molecule has 4 N–H and O–H groups in total. The summed E-state index contributed by atoms with van der Waals surface area (Å²) in [6.07, 6.45) is -3.46. The number of hydrogen-bond acceptors (Lipinski definition) is 8. The first-order chi connectivity index (χ1) is 8.58. The SMILES string of the molecule is CNc1cnn([C@@H]2O[C@H](CO)[C@@H](O)[C@H]2O)c(=O)n1. The molecule has 1 aliphatic heterocycles. The maximum absolute atomic E-state index is 11.6. The summed E-state index contributed by atoms with van der Waals surface area (Å²) in [6, 6.07) is 0. The summed E-state index contributed by atoms with van der Waals surface area (Å²) in [4.78, 5) is 15.3. The normalized spacial score (nSPS) is 31.6. The number of ether oxygens (including phenoxy) is 1. The number of aromatic nitrogens is 3. The zero-order valence-electron chi connectivity index (χ0n) is 9.59. The molecule has 0 radical (unpaired) electrons. The first-order valence-electron chi connectivity index (χ1n) is 5.34. The number of aliphatic hydroxyl groups excluding tert-OH is 3. The third kappa shape index (κ3) is 2.08. The number of rotatable bonds is 3. The summed E-state index contributed by atoms with van der Waals surface area (Å²) < 4.78 is 5.99. The van der Waals surface area contributed by atoms with Crippen LogP contribution >= 0.6 is 0 Å². The second-order valence-corrected chi connectivity index (χ2v) is 3.85. The zero-order valence-corrected chi connectivity index (χ0v) is 9.59. The van der Waals surface area contributed by atoms with Crippen molar-refractivity contribution in [2.45, 2.75) is 24.5 Å². The molecule has 1 aliphatic rings. The van der Waals surface area contributed by atoms with E-state index in [9.17, 15) is 15.0 Å². The quantitative estimate of drug-likeness (QED) is 0.460. The van der Waals surface area contributed by atoms with Crippen LogP contribution in [0, 0.1) is 0 Å². The van der Waals surface area contributed by atoms with Crippen LogP contribution in [0.2, 0.25) is 0 Å². The third-order valence-corrected chi connectivity index (χ3v) is 2.73. The first-order valence-corrected chi connectivity index (χ1v) is 5.34. The maximum Gasteiger partial charge on any atom is 0.368 e. The van der Waals surface area contributed by atoms with E-state index in [-0.39, 0.29) is 5.82 Å². The third-order valence-electron chi connectivity index (χ3n) is 2.73. The summed E-state index contributed by atoms with van der Waals surface area (Å²) in [5.74, 6) is 0.281. The Morgan fingerprint density at radius 2 is 2.22 bits per heavy atom. The fourth-order valence-corrected chi connectivity index (χ4v) is 1.73. The Balaban J connectivity index is 2.30. The van der Waals surface area contributed by atoms with Crippen LogP contribution < -0.4 is 11.0 Å². The van der Waals surface area contributed by atoms with Crippen molar-refractivity contribution in [3.05, 3.63) is 16.7 Å². The molecule has 0 spiro atoms. The Kier molecular flexibility index (Phi) is 3.57. The van der Waals surface area contributed by atoms with Crippen molar-refractivity contribution in [3.63, 3.8) is 0 Å². The van der Waals surface area contributed by atoms with Gasteiger partial charge in [-0.25, -0.2) is 4.79 Å². The van der Waals surface area contributed by atoms with E-state index in [0.29, 0.717) is 0 Å². The average molecular weight is 258 g/mol. The molecule has 100 valence electrons. The van der Waals surface area contributed by atoms with Crippen LogP contribution in [0.1, 0.15) is 6.23 Å². The van der Waals surface area contributed by atoms with Gasteiger partial charge in [-0.15, -0.1) is 0 Å². The fourth-order valence-electron chi connectivity index (χ4n) is 1.73. The van der Waals surface area contributed by atoms with E-state index in [1.807, 2.05) is 0 Å². The van der Waals surface area contributed by atoms with Gasteiger partial charge in [0.25, 0.3) is 0 Å². The molecule has 2 rings (SSSR count). The van der Waals surface area contributed by atoms with Crippen LogP contribution in [0.15, 0.2) is 11.0 Å². The molecule has 0 aliphatic carbocycles. The molecule has 0 saturated carbocycles. The van der Waals surface area contributed by atoms with Gasteiger partial charge < -0.3 is 25.4 Å². The standard InChI is InChI=1S/C9H14N4O5/c1-10-5-2-11-13(9(17)12-5)8-7(16)6(15)4(3-14)18-8/h2,4,6-8,14-16H,3H2,1H3,(H,10,12,17)/t4-,6-,7-,8-/m1/s1. The van der Waals surface area contributed by atoms with Crippen LogP contribution in [-0.2, 0) is 4.74 Å². The van der Waals surface area contributed by atoms with Crippen LogP contribution in [-0.4, -0.2) is 62.1 Å². The minimum atomic E-state index is -1.35. The Bertz CT molecular complexity index is 478. The van der Waals surface area contributed by atoms with Crippen molar-refractivity contribution in [3.8, 4) is 0 Å². The van der Waals surface area contributed by atoms with Gasteiger partial charge in [-0.05, 0) is 0 Å². The molecule has 4 atom stereocenters. The van der Waals surface area contributed by atoms with E-state index in [0.717, 1.165) is 4.68 Å². The lowest BCUT2D eigenvalue weighted by atomic mass is 10.1. The van der Waals surface area contributed by atoms with E-state index in [1.54, 1.807) is 7.05 Å². The maximum atomic E-state index is 11.6. The molecule has 18 heavy (non-hydrogen) atoms. The molecule has 9 nitrogen and oxygen atoms in total. The van der Waals surface area contributed by atoms with Gasteiger partial charge in [0.2, 0.25) is 0 Å². The molecule has 1 aromatic heterocycles. The largest absolute Gasteiger partial charge is 0.394 e. The van der Waals surface area contributed by atoms with E-state index in [4.69, 9.17) is 9.84 Å². The fraction of sp³-hybridized carbons (Fsp3) is 0.667. The highest BCUT2D eigenvalue weighted by Gasteiger charge is 2.44. The Hall–Kier alpha value is -1.55. The van der Waals surface area contributed by atoms with Crippen molar-refractivity contribution in [2.75, 3.05) is 19.0 Å². The van der Waals surface area contributed by atoms with Gasteiger partial charge in [0.05, 0.1) is 12.8 Å². The Morgan fingerprint density at radius 3 is 2.72 bits per heavy atom. The lowest BCUT2D eigenvalue weighted by Gasteiger charge is -2.15. The van der Waals surface area contributed by atoms with E-state index >= 15 is 0 Å². The lowest BCUT2D eigenvalue weighted by Crippen LogP contribution is -2.37. The van der Waals surface area contributed by atoms with Crippen LogP contribution in [0.25, 0.3) is 0 Å². The van der Waals surface area contributed by atoms with E-state index < -0.39 is 36.8 Å². The van der Waals surface area contributed by atoms with Gasteiger partial charge in [0.15, 0.2) is 12.0 Å². The van der Waals surface area contributed by atoms with E-state index in [2.05, 4.69) is 15.4 Å². The molecule has 1 saturated heterocycles. The molecule has 0 aromatic carbocycles. The highest BCUT2D eigenvalue weighted by atomic mass is 16.6. The number of nitrogens with zero attached hydrogens (tertiary/aromatic N) is 3. The average Bonchev–Trinajstić information content (AvgIpc) is 2.66. The predicted octanol–water partition coefficient (Wildman–Crippen LogP) is -2.71. The molecular weight excluding hydrogens is 244 g/mol. The summed E-state index contributed by atoms with van der Waals surface area (Å²) in [7, 11) is 1.58. The number of anilines is 1. The topological polar surface area (TPSA) is 130 Å².